The Bertz CT molecular complexity index is 486. The van der Waals surface area contributed by atoms with Crippen molar-refractivity contribution in [1.82, 2.24) is 5.32 Å². The van der Waals surface area contributed by atoms with Gasteiger partial charge in [-0.15, -0.1) is 0 Å². The number of carboxylic acids is 1. The minimum Gasteiger partial charge on any atom is -0.481 e. The van der Waals surface area contributed by atoms with Crippen molar-refractivity contribution in [2.24, 2.45) is 5.41 Å². The number of furan rings is 1. The van der Waals surface area contributed by atoms with Crippen LogP contribution in [-0.4, -0.2) is 36.2 Å². The van der Waals surface area contributed by atoms with E-state index >= 15 is 0 Å². The number of carbonyl (C=O) groups is 2. The van der Waals surface area contributed by atoms with E-state index in [0.717, 1.165) is 0 Å². The molecule has 0 bridgehead atoms. The Hall–Kier alpha value is -1.34. The Morgan fingerprint density at radius 1 is 1.61 bits per heavy atom. The van der Waals surface area contributed by atoms with Gasteiger partial charge in [-0.25, -0.2) is 0 Å². The van der Waals surface area contributed by atoms with Crippen LogP contribution >= 0.6 is 15.9 Å². The van der Waals surface area contributed by atoms with Crippen LogP contribution < -0.4 is 5.32 Å². The van der Waals surface area contributed by atoms with Crippen LogP contribution in [0.4, 0.5) is 0 Å². The van der Waals surface area contributed by atoms with E-state index in [2.05, 4.69) is 21.2 Å². The van der Waals surface area contributed by atoms with Crippen molar-refractivity contribution in [3.05, 3.63) is 22.6 Å². The van der Waals surface area contributed by atoms with Crippen LogP contribution in [0.3, 0.4) is 0 Å². The Labute approximate surface area is 111 Å². The lowest BCUT2D eigenvalue weighted by atomic mass is 9.85. The van der Waals surface area contributed by atoms with E-state index in [0.29, 0.717) is 10.2 Å². The first-order valence-corrected chi connectivity index (χ1v) is 6.09. The molecule has 1 fully saturated rings. The maximum Gasteiger partial charge on any atom is 0.313 e. The summed E-state index contributed by atoms with van der Waals surface area (Å²) < 4.78 is 10.4. The molecule has 0 spiro atoms. The molecular formula is C11H12BrNO5. The number of halogens is 1. The average molecular weight is 318 g/mol. The van der Waals surface area contributed by atoms with Crippen LogP contribution in [-0.2, 0) is 9.53 Å². The van der Waals surface area contributed by atoms with E-state index in [1.54, 1.807) is 6.92 Å². The second-order valence-corrected chi connectivity index (χ2v) is 5.09. The highest BCUT2D eigenvalue weighted by Crippen LogP contribution is 2.29. The lowest BCUT2D eigenvalue weighted by Gasteiger charge is -2.25. The predicted molar refractivity (Wildman–Crippen MR) is 64.2 cm³/mol. The van der Waals surface area contributed by atoms with Gasteiger partial charge in [-0.05, 0) is 28.9 Å². The average Bonchev–Trinajstić information content (AvgIpc) is 2.87. The third-order valence-electron chi connectivity index (χ3n) is 3.11. The number of carbonyl (C=O) groups excluding carboxylic acids is 1. The zero-order chi connectivity index (χ0) is 13.3. The molecule has 1 aliphatic rings. The fraction of sp³-hybridized carbons (Fsp3) is 0.455. The smallest absolute Gasteiger partial charge is 0.313 e. The molecule has 98 valence electrons. The van der Waals surface area contributed by atoms with Gasteiger partial charge in [0.05, 0.1) is 31.1 Å². The number of hydrogen-bond donors (Lipinski definition) is 2. The molecule has 1 aromatic rings. The molecule has 0 aliphatic carbocycles. The van der Waals surface area contributed by atoms with E-state index in [-0.39, 0.29) is 13.2 Å². The molecule has 18 heavy (non-hydrogen) atoms. The van der Waals surface area contributed by atoms with Crippen molar-refractivity contribution < 1.29 is 23.8 Å². The second kappa shape index (κ2) is 4.74. The summed E-state index contributed by atoms with van der Waals surface area (Å²) in [5.74, 6) is -1.38. The fourth-order valence-corrected chi connectivity index (χ4v) is 2.20. The molecule has 1 amide bonds. The van der Waals surface area contributed by atoms with Crippen LogP contribution in [0.15, 0.2) is 21.4 Å². The van der Waals surface area contributed by atoms with Crippen LogP contribution in [0.1, 0.15) is 17.3 Å². The summed E-state index contributed by atoms with van der Waals surface area (Å²) in [7, 11) is 0. The number of amides is 1. The summed E-state index contributed by atoms with van der Waals surface area (Å²) >= 11 is 3.10. The molecule has 7 heteroatoms. The molecular weight excluding hydrogens is 306 g/mol. The number of hydrogen-bond acceptors (Lipinski definition) is 4. The zero-order valence-electron chi connectivity index (χ0n) is 9.60. The molecule has 0 saturated carbocycles. The van der Waals surface area contributed by atoms with Gasteiger partial charge in [0.15, 0.2) is 4.67 Å². The summed E-state index contributed by atoms with van der Waals surface area (Å²) in [5, 5.41) is 11.8. The Balaban J connectivity index is 2.13. The van der Waals surface area contributed by atoms with Crippen molar-refractivity contribution >= 4 is 27.8 Å². The van der Waals surface area contributed by atoms with E-state index in [9.17, 15) is 14.7 Å². The maximum atomic E-state index is 11.9. The van der Waals surface area contributed by atoms with Crippen molar-refractivity contribution in [1.29, 1.82) is 0 Å². The summed E-state index contributed by atoms with van der Waals surface area (Å²) in [5.41, 5.74) is -0.777. The SMILES string of the molecule is CC1(C(=O)O)COCC1NC(=O)c1ccoc1Br. The first-order valence-electron chi connectivity index (χ1n) is 5.30. The van der Waals surface area contributed by atoms with Crippen LogP contribution in [0.2, 0.25) is 0 Å². The first-order chi connectivity index (χ1) is 8.45. The number of nitrogens with one attached hydrogen (secondary N) is 1. The van der Waals surface area contributed by atoms with Gasteiger partial charge in [0.25, 0.3) is 5.91 Å². The second-order valence-electron chi connectivity index (χ2n) is 4.37. The molecule has 1 aromatic heterocycles. The highest BCUT2D eigenvalue weighted by molar-refractivity contribution is 9.10. The highest BCUT2D eigenvalue weighted by atomic mass is 79.9. The van der Waals surface area contributed by atoms with E-state index in [4.69, 9.17) is 9.15 Å². The zero-order valence-corrected chi connectivity index (χ0v) is 11.2. The molecule has 1 saturated heterocycles. The largest absolute Gasteiger partial charge is 0.481 e. The van der Waals surface area contributed by atoms with Gasteiger partial charge in [-0.1, -0.05) is 0 Å². The number of rotatable bonds is 3. The molecule has 0 radical (unpaired) electrons. The van der Waals surface area contributed by atoms with E-state index in [1.165, 1.54) is 12.3 Å². The monoisotopic (exact) mass is 317 g/mol. The van der Waals surface area contributed by atoms with Gasteiger partial charge in [0, 0.05) is 0 Å². The molecule has 2 heterocycles. The standard InChI is InChI=1S/C11H12BrNO5/c1-11(10(15)16)5-17-4-7(11)13-9(14)6-2-3-18-8(6)12/h2-3,7H,4-5H2,1H3,(H,13,14)(H,15,16). The maximum absolute atomic E-state index is 11.9. The van der Waals surface area contributed by atoms with Gasteiger partial charge in [0.1, 0.15) is 5.41 Å². The van der Waals surface area contributed by atoms with E-state index < -0.39 is 23.3 Å². The predicted octanol–water partition coefficient (Wildman–Crippen LogP) is 1.26. The van der Waals surface area contributed by atoms with Crippen LogP contribution in [0.25, 0.3) is 0 Å². The first kappa shape index (κ1) is 13.1. The van der Waals surface area contributed by atoms with E-state index in [1.807, 2.05) is 0 Å². The molecule has 2 N–H and O–H groups in total. The number of carboxylic acid groups (broad SMARTS) is 1. The fourth-order valence-electron chi connectivity index (χ4n) is 1.78. The molecule has 2 rings (SSSR count). The quantitative estimate of drug-likeness (QED) is 0.876. The summed E-state index contributed by atoms with van der Waals surface area (Å²) in [4.78, 5) is 23.2. The van der Waals surface area contributed by atoms with Crippen LogP contribution in [0, 0.1) is 5.41 Å². The Morgan fingerprint density at radius 3 is 2.89 bits per heavy atom. The van der Waals surface area contributed by atoms with Gasteiger partial charge < -0.3 is 19.6 Å². The topological polar surface area (TPSA) is 88.8 Å². The Kier molecular flexibility index (Phi) is 3.45. The lowest BCUT2D eigenvalue weighted by molar-refractivity contribution is -0.148. The number of ether oxygens (including phenoxy) is 1. The van der Waals surface area contributed by atoms with Gasteiger partial charge >= 0.3 is 5.97 Å². The highest BCUT2D eigenvalue weighted by Gasteiger charge is 2.47. The lowest BCUT2D eigenvalue weighted by Crippen LogP contribution is -2.49. The van der Waals surface area contributed by atoms with Crippen molar-refractivity contribution in [3.63, 3.8) is 0 Å². The van der Waals surface area contributed by atoms with Gasteiger partial charge in [-0.2, -0.15) is 0 Å². The van der Waals surface area contributed by atoms with Crippen molar-refractivity contribution in [2.75, 3.05) is 13.2 Å². The van der Waals surface area contributed by atoms with Gasteiger partial charge in [0.2, 0.25) is 0 Å². The van der Waals surface area contributed by atoms with Gasteiger partial charge in [-0.3, -0.25) is 9.59 Å². The minimum atomic E-state index is -1.11. The Morgan fingerprint density at radius 2 is 2.33 bits per heavy atom. The third-order valence-corrected chi connectivity index (χ3v) is 3.73. The minimum absolute atomic E-state index is 0.0832. The van der Waals surface area contributed by atoms with Crippen molar-refractivity contribution in [2.45, 2.75) is 13.0 Å². The number of aliphatic carboxylic acids is 1. The molecule has 2 unspecified atom stereocenters. The molecule has 0 aromatic carbocycles. The van der Waals surface area contributed by atoms with Crippen molar-refractivity contribution in [3.8, 4) is 0 Å². The molecule has 6 nitrogen and oxygen atoms in total. The summed E-state index contributed by atoms with van der Waals surface area (Å²) in [6.45, 7) is 1.82. The summed E-state index contributed by atoms with van der Waals surface area (Å²) in [6, 6.07) is 0.942. The molecule has 1 aliphatic heterocycles. The summed E-state index contributed by atoms with van der Waals surface area (Å²) in [6.07, 6.45) is 1.38. The third kappa shape index (κ3) is 2.15. The normalized spacial score (nSPS) is 27.1. The molecule has 2 atom stereocenters. The van der Waals surface area contributed by atoms with Crippen LogP contribution in [0.5, 0.6) is 0 Å².